The summed E-state index contributed by atoms with van der Waals surface area (Å²) in [5.41, 5.74) is 5.19. The summed E-state index contributed by atoms with van der Waals surface area (Å²) in [5.74, 6) is -0.448. The molecule has 34 heavy (non-hydrogen) atoms. The van der Waals surface area contributed by atoms with Gasteiger partial charge in [0, 0.05) is 48.4 Å². The molecule has 1 aliphatic rings. The van der Waals surface area contributed by atoms with Crippen LogP contribution in [0, 0.1) is 0 Å². The SMILES string of the molecule is CC(=O)N1c2ccc(NC(=O)CCCCCCC(=O)NO)cc2[C@H](Nc2ccccc2)C[C@@H]1C. The second-order valence-electron chi connectivity index (χ2n) is 8.81. The van der Waals surface area contributed by atoms with Crippen LogP contribution in [0.2, 0.25) is 0 Å². The Kier molecular flexibility index (Phi) is 9.04. The number of benzene rings is 2. The molecule has 1 heterocycles. The maximum atomic E-state index is 12.5. The predicted octanol–water partition coefficient (Wildman–Crippen LogP) is 4.77. The monoisotopic (exact) mass is 466 g/mol. The minimum Gasteiger partial charge on any atom is -0.378 e. The highest BCUT2D eigenvalue weighted by atomic mass is 16.5. The van der Waals surface area contributed by atoms with Crippen molar-refractivity contribution in [3.63, 3.8) is 0 Å². The minimum atomic E-state index is -0.386. The summed E-state index contributed by atoms with van der Waals surface area (Å²) in [6.07, 6.45) is 4.51. The van der Waals surface area contributed by atoms with Crippen LogP contribution in [0.15, 0.2) is 48.5 Å². The quantitative estimate of drug-likeness (QED) is 0.229. The van der Waals surface area contributed by atoms with Gasteiger partial charge >= 0.3 is 0 Å². The van der Waals surface area contributed by atoms with Crippen LogP contribution in [0.1, 0.15) is 70.4 Å². The maximum Gasteiger partial charge on any atom is 0.243 e. The van der Waals surface area contributed by atoms with Gasteiger partial charge in [0.1, 0.15) is 0 Å². The summed E-state index contributed by atoms with van der Waals surface area (Å²) in [5, 5.41) is 15.1. The van der Waals surface area contributed by atoms with Gasteiger partial charge in [-0.15, -0.1) is 0 Å². The van der Waals surface area contributed by atoms with Gasteiger partial charge in [0.25, 0.3) is 0 Å². The van der Waals surface area contributed by atoms with E-state index in [0.717, 1.165) is 42.6 Å². The molecule has 0 spiro atoms. The van der Waals surface area contributed by atoms with Crippen LogP contribution in [0.5, 0.6) is 0 Å². The van der Waals surface area contributed by atoms with Crippen molar-refractivity contribution in [3.8, 4) is 0 Å². The molecule has 0 aliphatic carbocycles. The van der Waals surface area contributed by atoms with Crippen LogP contribution in [0.4, 0.5) is 17.1 Å². The molecule has 8 heteroatoms. The molecule has 0 aromatic heterocycles. The van der Waals surface area contributed by atoms with Crippen LogP contribution in [0.3, 0.4) is 0 Å². The Hall–Kier alpha value is -3.39. The highest BCUT2D eigenvalue weighted by Crippen LogP contribution is 2.40. The average molecular weight is 467 g/mol. The zero-order valence-electron chi connectivity index (χ0n) is 19.8. The van der Waals surface area contributed by atoms with Crippen LogP contribution >= 0.6 is 0 Å². The van der Waals surface area contributed by atoms with Crippen LogP contribution in [0.25, 0.3) is 0 Å². The minimum absolute atomic E-state index is 0.000154. The lowest BCUT2D eigenvalue weighted by molar-refractivity contribution is -0.129. The van der Waals surface area contributed by atoms with Crippen molar-refractivity contribution in [3.05, 3.63) is 54.1 Å². The lowest BCUT2D eigenvalue weighted by atomic mass is 9.90. The van der Waals surface area contributed by atoms with Crippen LogP contribution in [-0.2, 0) is 14.4 Å². The standard InChI is InChI=1S/C26H34N4O4/c1-18-16-23(27-20-10-6-5-7-11-20)22-17-21(14-15-24(22)30(18)19(2)31)28-25(32)12-8-3-4-9-13-26(33)29-34/h5-7,10-11,14-15,17-18,23,27,34H,3-4,8-9,12-13,16H2,1-2H3,(H,28,32)(H,29,33)/t18-,23+/m0/s1. The summed E-state index contributed by atoms with van der Waals surface area (Å²) >= 11 is 0. The molecule has 182 valence electrons. The first-order valence-corrected chi connectivity index (χ1v) is 11.9. The van der Waals surface area contributed by atoms with Gasteiger partial charge in [-0.05, 0) is 56.5 Å². The summed E-state index contributed by atoms with van der Waals surface area (Å²) in [7, 11) is 0. The third-order valence-electron chi connectivity index (χ3n) is 6.10. The fraction of sp³-hybridized carbons (Fsp3) is 0.423. The van der Waals surface area contributed by atoms with Crippen molar-refractivity contribution in [2.45, 2.75) is 70.9 Å². The summed E-state index contributed by atoms with van der Waals surface area (Å²) in [6, 6.07) is 15.7. The number of carbonyl (C=O) groups is 3. The number of anilines is 3. The number of fused-ring (bicyclic) bond motifs is 1. The molecule has 0 bridgehead atoms. The first kappa shape index (κ1) is 25.2. The molecule has 0 fully saturated rings. The molecule has 0 unspecified atom stereocenters. The van der Waals surface area contributed by atoms with E-state index in [9.17, 15) is 14.4 Å². The van der Waals surface area contributed by atoms with Gasteiger partial charge in [0.05, 0.1) is 6.04 Å². The first-order chi connectivity index (χ1) is 16.4. The smallest absolute Gasteiger partial charge is 0.243 e. The second-order valence-corrected chi connectivity index (χ2v) is 8.81. The van der Waals surface area contributed by atoms with Crippen molar-refractivity contribution in [1.29, 1.82) is 0 Å². The fourth-order valence-corrected chi connectivity index (χ4v) is 4.50. The van der Waals surface area contributed by atoms with Gasteiger partial charge < -0.3 is 15.5 Å². The number of unbranched alkanes of at least 4 members (excludes halogenated alkanes) is 3. The summed E-state index contributed by atoms with van der Waals surface area (Å²) in [6.45, 7) is 3.63. The van der Waals surface area contributed by atoms with E-state index in [4.69, 9.17) is 5.21 Å². The third kappa shape index (κ3) is 6.81. The van der Waals surface area contributed by atoms with E-state index in [1.165, 1.54) is 0 Å². The second kappa shape index (κ2) is 12.2. The van der Waals surface area contributed by atoms with Gasteiger partial charge in [-0.2, -0.15) is 0 Å². The number of hydrogen-bond donors (Lipinski definition) is 4. The molecule has 0 saturated heterocycles. The van der Waals surface area contributed by atoms with E-state index < -0.39 is 0 Å². The van der Waals surface area contributed by atoms with Crippen molar-refractivity contribution < 1.29 is 19.6 Å². The number of nitrogens with zero attached hydrogens (tertiary/aromatic N) is 1. The van der Waals surface area contributed by atoms with Crippen LogP contribution in [-0.4, -0.2) is 29.0 Å². The summed E-state index contributed by atoms with van der Waals surface area (Å²) < 4.78 is 0. The Bertz CT molecular complexity index is 996. The Morgan fingerprint density at radius 2 is 1.62 bits per heavy atom. The number of carbonyl (C=O) groups excluding carboxylic acids is 3. The molecular weight excluding hydrogens is 432 g/mol. The lowest BCUT2D eigenvalue weighted by Gasteiger charge is -2.39. The van der Waals surface area contributed by atoms with Gasteiger partial charge in [-0.3, -0.25) is 19.6 Å². The first-order valence-electron chi connectivity index (χ1n) is 11.9. The zero-order chi connectivity index (χ0) is 24.5. The normalized spacial score (nSPS) is 17.0. The molecule has 0 radical (unpaired) electrons. The van der Waals surface area contributed by atoms with Crippen molar-refractivity contribution in [2.75, 3.05) is 15.5 Å². The van der Waals surface area contributed by atoms with Gasteiger partial charge in [-0.1, -0.05) is 31.0 Å². The van der Waals surface area contributed by atoms with E-state index in [1.807, 2.05) is 53.4 Å². The van der Waals surface area contributed by atoms with Gasteiger partial charge in [0.15, 0.2) is 0 Å². The number of hydrogen-bond acceptors (Lipinski definition) is 5. The van der Waals surface area contributed by atoms with E-state index in [-0.39, 0.29) is 36.2 Å². The van der Waals surface area contributed by atoms with E-state index >= 15 is 0 Å². The highest BCUT2D eigenvalue weighted by molar-refractivity contribution is 5.95. The van der Waals surface area contributed by atoms with Crippen molar-refractivity contribution in [2.24, 2.45) is 0 Å². The highest BCUT2D eigenvalue weighted by Gasteiger charge is 2.32. The Morgan fingerprint density at radius 1 is 0.941 bits per heavy atom. The third-order valence-corrected chi connectivity index (χ3v) is 6.10. The molecule has 3 amide bonds. The van der Waals surface area contributed by atoms with Crippen molar-refractivity contribution >= 4 is 34.8 Å². The molecule has 3 rings (SSSR count). The fourth-order valence-electron chi connectivity index (χ4n) is 4.50. The number of nitrogens with one attached hydrogen (secondary N) is 3. The van der Waals surface area contributed by atoms with Crippen LogP contribution < -0.4 is 21.0 Å². The molecule has 2 aromatic rings. The number of rotatable bonds is 10. The Balaban J connectivity index is 1.65. The number of para-hydroxylation sites is 1. The molecular formula is C26H34N4O4. The molecule has 4 N–H and O–H groups in total. The largest absolute Gasteiger partial charge is 0.378 e. The summed E-state index contributed by atoms with van der Waals surface area (Å²) in [4.78, 5) is 37.7. The van der Waals surface area contributed by atoms with Crippen molar-refractivity contribution in [1.82, 2.24) is 5.48 Å². The van der Waals surface area contributed by atoms with E-state index in [1.54, 1.807) is 12.4 Å². The zero-order valence-corrected chi connectivity index (χ0v) is 19.8. The molecule has 1 aliphatic heterocycles. The van der Waals surface area contributed by atoms with E-state index in [0.29, 0.717) is 18.5 Å². The lowest BCUT2D eigenvalue weighted by Crippen LogP contribution is -2.43. The predicted molar refractivity (Wildman–Crippen MR) is 133 cm³/mol. The average Bonchev–Trinajstić information content (AvgIpc) is 2.81. The van der Waals surface area contributed by atoms with Gasteiger partial charge in [-0.25, -0.2) is 5.48 Å². The Morgan fingerprint density at radius 3 is 2.26 bits per heavy atom. The van der Waals surface area contributed by atoms with Gasteiger partial charge in [0.2, 0.25) is 17.7 Å². The molecule has 2 aromatic carbocycles. The Labute approximate surface area is 200 Å². The molecule has 2 atom stereocenters. The topological polar surface area (TPSA) is 111 Å². The number of amides is 3. The number of hydroxylamine groups is 1. The van der Waals surface area contributed by atoms with E-state index in [2.05, 4.69) is 17.6 Å². The maximum absolute atomic E-state index is 12.5. The molecule has 0 saturated carbocycles. The molecule has 8 nitrogen and oxygen atoms in total.